The van der Waals surface area contributed by atoms with Crippen molar-refractivity contribution in [1.29, 1.82) is 10.5 Å². The molecule has 0 spiro atoms. The summed E-state index contributed by atoms with van der Waals surface area (Å²) in [4.78, 5) is 0. The lowest BCUT2D eigenvalue weighted by Gasteiger charge is -2.22. The van der Waals surface area contributed by atoms with Gasteiger partial charge in [0.2, 0.25) is 0 Å². The quantitative estimate of drug-likeness (QED) is 0.757. The van der Waals surface area contributed by atoms with Gasteiger partial charge in [0.1, 0.15) is 17.4 Å². The average molecular weight is 213 g/mol. The number of rotatable bonds is 1. The van der Waals surface area contributed by atoms with Crippen molar-refractivity contribution in [2.45, 2.75) is 25.0 Å². The Morgan fingerprint density at radius 2 is 2.25 bits per heavy atom. The Morgan fingerprint density at radius 3 is 2.88 bits per heavy atom. The SMILES string of the molecule is CC(N)(C#N)C1Cc2cc(C#N)ccc2O1. The van der Waals surface area contributed by atoms with E-state index in [1.54, 1.807) is 25.1 Å². The molecule has 80 valence electrons. The maximum atomic E-state index is 8.93. The van der Waals surface area contributed by atoms with Gasteiger partial charge in [-0.2, -0.15) is 10.5 Å². The molecule has 2 unspecified atom stereocenters. The molecule has 1 aliphatic rings. The molecule has 0 amide bonds. The van der Waals surface area contributed by atoms with E-state index >= 15 is 0 Å². The minimum Gasteiger partial charge on any atom is -0.487 e. The molecule has 1 aliphatic heterocycles. The van der Waals surface area contributed by atoms with Crippen LogP contribution >= 0.6 is 0 Å². The third kappa shape index (κ3) is 1.60. The average Bonchev–Trinajstić information content (AvgIpc) is 2.72. The highest BCUT2D eigenvalue weighted by Crippen LogP contribution is 2.32. The predicted octanol–water partition coefficient (Wildman–Crippen LogP) is 1.10. The lowest BCUT2D eigenvalue weighted by atomic mass is 9.94. The topological polar surface area (TPSA) is 82.8 Å². The van der Waals surface area contributed by atoms with Crippen LogP contribution < -0.4 is 10.5 Å². The second-order valence-corrected chi connectivity index (χ2v) is 4.14. The molecule has 0 fully saturated rings. The van der Waals surface area contributed by atoms with E-state index < -0.39 is 5.54 Å². The van der Waals surface area contributed by atoms with Crippen molar-refractivity contribution in [3.05, 3.63) is 29.3 Å². The molecule has 0 saturated heterocycles. The Bertz CT molecular complexity index is 508. The third-order valence-corrected chi connectivity index (χ3v) is 2.77. The zero-order valence-electron chi connectivity index (χ0n) is 8.90. The molecule has 2 rings (SSSR count). The summed E-state index contributed by atoms with van der Waals surface area (Å²) in [5.41, 5.74) is 6.35. The van der Waals surface area contributed by atoms with Crippen molar-refractivity contribution in [2.24, 2.45) is 5.73 Å². The molecule has 0 radical (unpaired) electrons. The minimum atomic E-state index is -1.01. The monoisotopic (exact) mass is 213 g/mol. The largest absolute Gasteiger partial charge is 0.487 e. The molecule has 0 bridgehead atoms. The van der Waals surface area contributed by atoms with E-state index in [0.29, 0.717) is 12.0 Å². The minimum absolute atomic E-state index is 0.346. The molecule has 2 atom stereocenters. The van der Waals surface area contributed by atoms with Crippen LogP contribution in [0.4, 0.5) is 0 Å². The highest BCUT2D eigenvalue weighted by atomic mass is 16.5. The van der Waals surface area contributed by atoms with Gasteiger partial charge in [-0.1, -0.05) is 0 Å². The van der Waals surface area contributed by atoms with Gasteiger partial charge < -0.3 is 10.5 Å². The molecule has 0 aliphatic carbocycles. The van der Waals surface area contributed by atoms with E-state index in [9.17, 15) is 0 Å². The van der Waals surface area contributed by atoms with Crippen LogP contribution in [0.1, 0.15) is 18.1 Å². The van der Waals surface area contributed by atoms with Crippen molar-refractivity contribution < 1.29 is 4.74 Å². The van der Waals surface area contributed by atoms with Gasteiger partial charge >= 0.3 is 0 Å². The number of hydrogen-bond donors (Lipinski definition) is 1. The van der Waals surface area contributed by atoms with Gasteiger partial charge in [0, 0.05) is 6.42 Å². The molecular formula is C12H11N3O. The van der Waals surface area contributed by atoms with E-state index in [4.69, 9.17) is 21.0 Å². The fourth-order valence-corrected chi connectivity index (χ4v) is 1.72. The van der Waals surface area contributed by atoms with Gasteiger partial charge in [-0.25, -0.2) is 0 Å². The summed E-state index contributed by atoms with van der Waals surface area (Å²) in [7, 11) is 0. The highest BCUT2D eigenvalue weighted by molar-refractivity contribution is 5.45. The summed E-state index contributed by atoms with van der Waals surface area (Å²) in [5, 5.41) is 17.7. The van der Waals surface area contributed by atoms with Gasteiger partial charge in [-0.15, -0.1) is 0 Å². The van der Waals surface area contributed by atoms with E-state index in [1.807, 2.05) is 6.07 Å². The summed E-state index contributed by atoms with van der Waals surface area (Å²) >= 11 is 0. The molecule has 4 nitrogen and oxygen atoms in total. The van der Waals surface area contributed by atoms with Crippen molar-refractivity contribution in [3.63, 3.8) is 0 Å². The maximum absolute atomic E-state index is 8.93. The number of benzene rings is 1. The maximum Gasteiger partial charge on any atom is 0.138 e. The first-order valence-electron chi connectivity index (χ1n) is 4.96. The lowest BCUT2D eigenvalue weighted by Crippen LogP contribution is -2.49. The Kier molecular flexibility index (Phi) is 2.30. The van der Waals surface area contributed by atoms with Crippen LogP contribution in [0.2, 0.25) is 0 Å². The Balaban J connectivity index is 2.29. The second kappa shape index (κ2) is 3.52. The Morgan fingerprint density at radius 1 is 1.50 bits per heavy atom. The summed E-state index contributed by atoms with van der Waals surface area (Å²) < 4.78 is 5.61. The van der Waals surface area contributed by atoms with Gasteiger partial charge in [0.25, 0.3) is 0 Å². The fraction of sp³-hybridized carbons (Fsp3) is 0.333. The van der Waals surface area contributed by atoms with Crippen molar-refractivity contribution in [3.8, 4) is 17.9 Å². The van der Waals surface area contributed by atoms with E-state index in [2.05, 4.69) is 6.07 Å². The molecule has 2 N–H and O–H groups in total. The van der Waals surface area contributed by atoms with Gasteiger partial charge in [0.05, 0.1) is 17.7 Å². The first kappa shape index (κ1) is 10.5. The summed E-state index contributed by atoms with van der Waals surface area (Å²) in [6.07, 6.45) is 0.229. The number of fused-ring (bicyclic) bond motifs is 1. The van der Waals surface area contributed by atoms with Crippen molar-refractivity contribution in [1.82, 2.24) is 0 Å². The fourth-order valence-electron chi connectivity index (χ4n) is 1.72. The molecule has 0 saturated carbocycles. The lowest BCUT2D eigenvalue weighted by molar-refractivity contribution is 0.174. The van der Waals surface area contributed by atoms with Crippen LogP contribution in [0.3, 0.4) is 0 Å². The predicted molar refractivity (Wildman–Crippen MR) is 57.5 cm³/mol. The highest BCUT2D eigenvalue weighted by Gasteiger charge is 2.37. The normalized spacial score (nSPS) is 21.1. The van der Waals surface area contributed by atoms with E-state index in [-0.39, 0.29) is 6.10 Å². The van der Waals surface area contributed by atoms with Crippen LogP contribution in [0.25, 0.3) is 0 Å². The molecule has 16 heavy (non-hydrogen) atoms. The summed E-state index contributed by atoms with van der Waals surface area (Å²) in [6, 6.07) is 9.33. The smallest absolute Gasteiger partial charge is 0.138 e. The van der Waals surface area contributed by atoms with Crippen LogP contribution in [0, 0.1) is 22.7 Å². The Labute approximate surface area is 93.9 Å². The first-order chi connectivity index (χ1) is 7.56. The van der Waals surface area contributed by atoms with Crippen LogP contribution in [-0.4, -0.2) is 11.6 Å². The molecule has 1 aromatic carbocycles. The Hall–Kier alpha value is -2.04. The van der Waals surface area contributed by atoms with Gasteiger partial charge in [-0.3, -0.25) is 0 Å². The van der Waals surface area contributed by atoms with Crippen LogP contribution in [-0.2, 0) is 6.42 Å². The number of nitrogens with two attached hydrogens (primary N) is 1. The number of hydrogen-bond acceptors (Lipinski definition) is 4. The molecule has 1 heterocycles. The van der Waals surface area contributed by atoms with Gasteiger partial charge in [0.15, 0.2) is 0 Å². The zero-order valence-corrected chi connectivity index (χ0v) is 8.90. The number of nitriles is 2. The summed E-state index contributed by atoms with van der Waals surface area (Å²) in [5.74, 6) is 0.718. The molecule has 1 aromatic rings. The molecular weight excluding hydrogens is 202 g/mol. The molecule has 0 aromatic heterocycles. The third-order valence-electron chi connectivity index (χ3n) is 2.77. The standard InChI is InChI=1S/C12H11N3O/c1-12(15,7-14)11-5-9-4-8(6-13)2-3-10(9)16-11/h2-4,11H,5,15H2,1H3. The number of ether oxygens (including phenoxy) is 1. The molecule has 4 heteroatoms. The van der Waals surface area contributed by atoms with Crippen molar-refractivity contribution in [2.75, 3.05) is 0 Å². The van der Waals surface area contributed by atoms with Gasteiger partial charge in [-0.05, 0) is 30.7 Å². The summed E-state index contributed by atoms with van der Waals surface area (Å²) in [6.45, 7) is 1.65. The second-order valence-electron chi connectivity index (χ2n) is 4.14. The van der Waals surface area contributed by atoms with E-state index in [0.717, 1.165) is 11.3 Å². The first-order valence-corrected chi connectivity index (χ1v) is 4.96. The zero-order chi connectivity index (χ0) is 11.8. The van der Waals surface area contributed by atoms with Crippen molar-refractivity contribution >= 4 is 0 Å². The van der Waals surface area contributed by atoms with Crippen LogP contribution in [0.15, 0.2) is 18.2 Å². The van der Waals surface area contributed by atoms with Crippen LogP contribution in [0.5, 0.6) is 5.75 Å². The number of nitrogens with zero attached hydrogens (tertiary/aromatic N) is 2. The van der Waals surface area contributed by atoms with E-state index in [1.165, 1.54) is 0 Å².